The van der Waals surface area contributed by atoms with Crippen molar-refractivity contribution in [1.29, 1.82) is 0 Å². The fourth-order valence-corrected chi connectivity index (χ4v) is 2.08. The van der Waals surface area contributed by atoms with E-state index in [1.165, 1.54) is 7.11 Å². The van der Waals surface area contributed by atoms with Crippen molar-refractivity contribution in [2.45, 2.75) is 32.3 Å². The van der Waals surface area contributed by atoms with Gasteiger partial charge in [-0.25, -0.2) is 0 Å². The van der Waals surface area contributed by atoms with Crippen molar-refractivity contribution < 1.29 is 14.3 Å². The lowest BCUT2D eigenvalue weighted by Gasteiger charge is -2.17. The van der Waals surface area contributed by atoms with E-state index in [1.807, 2.05) is 19.1 Å². The molecule has 1 atom stereocenters. The summed E-state index contributed by atoms with van der Waals surface area (Å²) in [4.78, 5) is 15.2. The summed E-state index contributed by atoms with van der Waals surface area (Å²) in [5, 5.41) is 7.09. The van der Waals surface area contributed by atoms with Crippen LogP contribution in [0.4, 0.5) is 0 Å². The number of benzene rings is 1. The summed E-state index contributed by atoms with van der Waals surface area (Å²) in [6.45, 7) is 3.33. The van der Waals surface area contributed by atoms with Gasteiger partial charge in [0.1, 0.15) is 11.9 Å². The molecule has 0 heterocycles. The Labute approximate surface area is 171 Å². The van der Waals surface area contributed by atoms with Gasteiger partial charge in [-0.3, -0.25) is 9.79 Å². The number of hydrogen-bond donors (Lipinski definition) is 2. The normalized spacial score (nSPS) is 11.9. The van der Waals surface area contributed by atoms with E-state index in [4.69, 9.17) is 16.3 Å². The summed E-state index contributed by atoms with van der Waals surface area (Å²) >= 11 is 5.85. The third-order valence-corrected chi connectivity index (χ3v) is 3.51. The van der Waals surface area contributed by atoms with E-state index in [2.05, 4.69) is 20.4 Å². The summed E-state index contributed by atoms with van der Waals surface area (Å²) in [6, 6.07) is 7.28. The van der Waals surface area contributed by atoms with Gasteiger partial charge in [0.05, 0.1) is 13.7 Å². The van der Waals surface area contributed by atoms with Gasteiger partial charge < -0.3 is 20.1 Å². The molecule has 25 heavy (non-hydrogen) atoms. The molecule has 1 aromatic rings. The summed E-state index contributed by atoms with van der Waals surface area (Å²) in [6.07, 6.45) is 2.07. The number of methoxy groups -OCH3 is 1. The highest BCUT2D eigenvalue weighted by Gasteiger charge is 2.06. The first-order valence-corrected chi connectivity index (χ1v) is 8.36. The van der Waals surface area contributed by atoms with Crippen molar-refractivity contribution in [2.24, 2.45) is 4.99 Å². The number of carbonyl (C=O) groups excluding carboxylic acids is 1. The van der Waals surface area contributed by atoms with Crippen LogP contribution in [0.15, 0.2) is 29.3 Å². The van der Waals surface area contributed by atoms with Crippen LogP contribution < -0.4 is 15.4 Å². The molecular formula is C17H27ClIN3O3. The molecule has 0 fully saturated rings. The van der Waals surface area contributed by atoms with Crippen LogP contribution >= 0.6 is 35.6 Å². The number of aliphatic imine (C=N–C) groups is 1. The monoisotopic (exact) mass is 483 g/mol. The van der Waals surface area contributed by atoms with Crippen molar-refractivity contribution in [3.8, 4) is 5.75 Å². The van der Waals surface area contributed by atoms with Gasteiger partial charge in [0.15, 0.2) is 5.96 Å². The maximum atomic E-state index is 11.0. The highest BCUT2D eigenvalue weighted by Crippen LogP contribution is 2.16. The maximum absolute atomic E-state index is 11.0. The molecule has 0 aliphatic rings. The largest absolute Gasteiger partial charge is 0.489 e. The van der Waals surface area contributed by atoms with Gasteiger partial charge >= 0.3 is 5.97 Å². The molecule has 0 bridgehead atoms. The van der Waals surface area contributed by atoms with Gasteiger partial charge in [0.25, 0.3) is 0 Å². The first kappa shape index (κ1) is 23.8. The summed E-state index contributed by atoms with van der Waals surface area (Å²) < 4.78 is 10.4. The standard InChI is InChI=1S/C17H26ClN3O3.HI/c1-13(24-15-9-7-14(18)8-10-15)12-21-17(19-2)20-11-5-4-6-16(22)23-3;/h7-10,13H,4-6,11-12H2,1-3H3,(H2,19,20,21);1H. The predicted molar refractivity (Wildman–Crippen MR) is 112 cm³/mol. The average Bonchev–Trinajstić information content (AvgIpc) is 2.59. The molecule has 0 aliphatic carbocycles. The van der Waals surface area contributed by atoms with Crippen LogP contribution in [0.2, 0.25) is 5.02 Å². The van der Waals surface area contributed by atoms with Crippen LogP contribution in [-0.4, -0.2) is 45.3 Å². The zero-order valence-electron chi connectivity index (χ0n) is 14.9. The van der Waals surface area contributed by atoms with Crippen molar-refractivity contribution in [1.82, 2.24) is 10.6 Å². The summed E-state index contributed by atoms with van der Waals surface area (Å²) in [5.74, 6) is 1.31. The number of guanidine groups is 1. The highest BCUT2D eigenvalue weighted by molar-refractivity contribution is 14.0. The zero-order chi connectivity index (χ0) is 17.8. The van der Waals surface area contributed by atoms with Crippen LogP contribution in [0.1, 0.15) is 26.2 Å². The van der Waals surface area contributed by atoms with Crippen LogP contribution in [-0.2, 0) is 9.53 Å². The lowest BCUT2D eigenvalue weighted by molar-refractivity contribution is -0.140. The number of carbonyl (C=O) groups is 1. The average molecular weight is 484 g/mol. The zero-order valence-corrected chi connectivity index (χ0v) is 18.0. The quantitative estimate of drug-likeness (QED) is 0.185. The molecule has 0 aliphatic heterocycles. The molecule has 0 aromatic heterocycles. The van der Waals surface area contributed by atoms with E-state index in [0.717, 1.165) is 25.1 Å². The Hall–Kier alpha value is -1.22. The molecule has 0 amide bonds. The van der Waals surface area contributed by atoms with Crippen molar-refractivity contribution in [3.63, 3.8) is 0 Å². The second-order valence-corrected chi connectivity index (χ2v) is 5.73. The number of unbranched alkanes of at least 4 members (excludes halogenated alkanes) is 1. The minimum absolute atomic E-state index is 0. The topological polar surface area (TPSA) is 72.0 Å². The molecule has 142 valence electrons. The van der Waals surface area contributed by atoms with Gasteiger partial charge in [-0.05, 0) is 44.0 Å². The molecular weight excluding hydrogens is 457 g/mol. The molecule has 8 heteroatoms. The maximum Gasteiger partial charge on any atom is 0.305 e. The molecule has 1 rings (SSSR count). The highest BCUT2D eigenvalue weighted by atomic mass is 127. The Morgan fingerprint density at radius 3 is 2.52 bits per heavy atom. The molecule has 1 unspecified atom stereocenters. The minimum atomic E-state index is -0.175. The van der Waals surface area contributed by atoms with Crippen LogP contribution in [0.5, 0.6) is 5.75 Å². The molecule has 6 nitrogen and oxygen atoms in total. The van der Waals surface area contributed by atoms with E-state index in [-0.39, 0.29) is 36.0 Å². The van der Waals surface area contributed by atoms with Gasteiger partial charge in [-0.1, -0.05) is 11.6 Å². The van der Waals surface area contributed by atoms with E-state index >= 15 is 0 Å². The molecule has 0 radical (unpaired) electrons. The van der Waals surface area contributed by atoms with Crippen molar-refractivity contribution in [2.75, 3.05) is 27.2 Å². The summed E-state index contributed by atoms with van der Waals surface area (Å²) in [5.41, 5.74) is 0. The minimum Gasteiger partial charge on any atom is -0.489 e. The number of rotatable bonds is 9. The third-order valence-electron chi connectivity index (χ3n) is 3.26. The Balaban J connectivity index is 0.00000576. The van der Waals surface area contributed by atoms with Gasteiger partial charge in [-0.15, -0.1) is 24.0 Å². The molecule has 0 spiro atoms. The van der Waals surface area contributed by atoms with E-state index in [9.17, 15) is 4.79 Å². The lowest BCUT2D eigenvalue weighted by Crippen LogP contribution is -2.42. The Bertz CT molecular complexity index is 526. The third kappa shape index (κ3) is 11.1. The number of hydrogen-bond acceptors (Lipinski definition) is 4. The van der Waals surface area contributed by atoms with Gasteiger partial charge in [0, 0.05) is 25.0 Å². The van der Waals surface area contributed by atoms with Crippen LogP contribution in [0.25, 0.3) is 0 Å². The first-order chi connectivity index (χ1) is 11.5. The predicted octanol–water partition coefficient (Wildman–Crippen LogP) is 3.23. The van der Waals surface area contributed by atoms with Gasteiger partial charge in [0.2, 0.25) is 0 Å². The Kier molecular flexibility index (Phi) is 13.3. The van der Waals surface area contributed by atoms with Crippen LogP contribution in [0.3, 0.4) is 0 Å². The molecule has 2 N–H and O–H groups in total. The molecule has 0 saturated carbocycles. The Morgan fingerprint density at radius 1 is 1.24 bits per heavy atom. The van der Waals surface area contributed by atoms with Crippen molar-refractivity contribution >= 4 is 47.5 Å². The van der Waals surface area contributed by atoms with E-state index in [0.29, 0.717) is 23.9 Å². The second-order valence-electron chi connectivity index (χ2n) is 5.30. The number of nitrogens with one attached hydrogen (secondary N) is 2. The van der Waals surface area contributed by atoms with E-state index in [1.54, 1.807) is 19.2 Å². The first-order valence-electron chi connectivity index (χ1n) is 7.98. The molecule has 1 aromatic carbocycles. The fourth-order valence-electron chi connectivity index (χ4n) is 1.95. The fraction of sp³-hybridized carbons (Fsp3) is 0.529. The smallest absolute Gasteiger partial charge is 0.305 e. The van der Waals surface area contributed by atoms with E-state index < -0.39 is 0 Å². The number of esters is 1. The summed E-state index contributed by atoms with van der Waals surface area (Å²) in [7, 11) is 3.12. The molecule has 0 saturated heterocycles. The Morgan fingerprint density at radius 2 is 1.92 bits per heavy atom. The lowest BCUT2D eigenvalue weighted by atomic mass is 10.2. The van der Waals surface area contributed by atoms with Crippen LogP contribution in [0, 0.1) is 0 Å². The SMILES string of the molecule is CN=C(NCCCCC(=O)OC)NCC(C)Oc1ccc(Cl)cc1.I. The number of ether oxygens (including phenoxy) is 2. The number of halogens is 2. The number of nitrogens with zero attached hydrogens (tertiary/aromatic N) is 1. The second kappa shape index (κ2) is 14.0. The van der Waals surface area contributed by atoms with Crippen molar-refractivity contribution in [3.05, 3.63) is 29.3 Å². The van der Waals surface area contributed by atoms with Gasteiger partial charge in [-0.2, -0.15) is 0 Å².